The van der Waals surface area contributed by atoms with Crippen LogP contribution in [0, 0.1) is 0 Å². The van der Waals surface area contributed by atoms with E-state index in [1.807, 2.05) is 6.92 Å². The van der Waals surface area contributed by atoms with Crippen LogP contribution in [-0.4, -0.2) is 36.7 Å². The normalized spacial score (nSPS) is 11.4. The van der Waals surface area contributed by atoms with Crippen LogP contribution in [0.2, 0.25) is 5.02 Å². The topological polar surface area (TPSA) is 86.8 Å². The van der Waals surface area contributed by atoms with Gasteiger partial charge in [0.1, 0.15) is 5.82 Å². The van der Waals surface area contributed by atoms with E-state index >= 15 is 0 Å². The lowest BCUT2D eigenvalue weighted by Gasteiger charge is -2.14. The molecule has 1 aromatic carbocycles. The highest BCUT2D eigenvalue weighted by atomic mass is 35.5. The molecule has 2 rings (SSSR count). The Hall–Kier alpha value is -2.80. The van der Waals surface area contributed by atoms with Crippen molar-refractivity contribution in [3.63, 3.8) is 0 Å². The van der Waals surface area contributed by atoms with Crippen molar-refractivity contribution in [3.8, 4) is 11.5 Å². The minimum absolute atomic E-state index is 0.245. The van der Waals surface area contributed by atoms with Crippen LogP contribution in [-0.2, 0) is 9.53 Å². The monoisotopic (exact) mass is 378 g/mol. The lowest BCUT2D eigenvalue weighted by Crippen LogP contribution is -2.30. The molecule has 0 aliphatic carbocycles. The number of nitrogens with zero attached hydrogens (tertiary/aromatic N) is 1. The molecule has 0 radical (unpaired) electrons. The number of carbonyl (C=O) groups is 2. The number of hydrogen-bond donors (Lipinski definition) is 1. The van der Waals surface area contributed by atoms with Gasteiger partial charge in [0.15, 0.2) is 17.6 Å². The molecule has 26 heavy (non-hydrogen) atoms. The molecule has 1 N–H and O–H groups in total. The van der Waals surface area contributed by atoms with Gasteiger partial charge in [0.2, 0.25) is 0 Å². The van der Waals surface area contributed by atoms with Crippen molar-refractivity contribution in [1.82, 2.24) is 4.98 Å². The minimum atomic E-state index is -1.02. The van der Waals surface area contributed by atoms with E-state index in [4.69, 9.17) is 25.8 Å². The van der Waals surface area contributed by atoms with Crippen LogP contribution in [0.5, 0.6) is 11.5 Å². The molecule has 138 valence electrons. The highest BCUT2D eigenvalue weighted by Crippen LogP contribution is 2.28. The van der Waals surface area contributed by atoms with Gasteiger partial charge in [0, 0.05) is 6.20 Å². The van der Waals surface area contributed by atoms with Gasteiger partial charge in [-0.2, -0.15) is 0 Å². The number of carbonyl (C=O) groups excluding carboxylic acids is 2. The molecule has 7 nitrogen and oxygen atoms in total. The maximum absolute atomic E-state index is 12.3. The molecule has 1 aromatic heterocycles. The summed E-state index contributed by atoms with van der Waals surface area (Å²) in [5.74, 6) is 0.0732. The summed E-state index contributed by atoms with van der Waals surface area (Å²) < 4.78 is 15.8. The Morgan fingerprint density at radius 1 is 1.23 bits per heavy atom. The molecule has 0 fully saturated rings. The smallest absolute Gasteiger partial charge is 0.339 e. The van der Waals surface area contributed by atoms with Crippen LogP contribution < -0.4 is 14.8 Å². The molecule has 0 spiro atoms. The second-order valence-electron chi connectivity index (χ2n) is 5.20. The summed E-state index contributed by atoms with van der Waals surface area (Å²) in [6.07, 6.45) is 0.387. The fourth-order valence-corrected chi connectivity index (χ4v) is 2.14. The zero-order chi connectivity index (χ0) is 19.1. The highest BCUT2D eigenvalue weighted by molar-refractivity contribution is 6.30. The Balaban J connectivity index is 2.01. The largest absolute Gasteiger partial charge is 0.493 e. The van der Waals surface area contributed by atoms with Crippen molar-refractivity contribution >= 4 is 29.3 Å². The van der Waals surface area contributed by atoms with Crippen molar-refractivity contribution in [2.45, 2.75) is 20.0 Å². The van der Waals surface area contributed by atoms with Crippen molar-refractivity contribution in [1.29, 1.82) is 0 Å². The highest BCUT2D eigenvalue weighted by Gasteiger charge is 2.20. The fourth-order valence-electron chi connectivity index (χ4n) is 2.03. The first kappa shape index (κ1) is 19.5. The Morgan fingerprint density at radius 3 is 2.62 bits per heavy atom. The lowest BCUT2D eigenvalue weighted by atomic mass is 10.2. The summed E-state index contributed by atoms with van der Waals surface area (Å²) in [5, 5.41) is 2.99. The van der Waals surface area contributed by atoms with Crippen LogP contribution in [0.25, 0.3) is 0 Å². The molecule has 1 atom stereocenters. The van der Waals surface area contributed by atoms with Gasteiger partial charge in [-0.05, 0) is 44.2 Å². The number of benzene rings is 1. The van der Waals surface area contributed by atoms with Gasteiger partial charge in [0.25, 0.3) is 5.91 Å². The van der Waals surface area contributed by atoms with Crippen LogP contribution in [0.3, 0.4) is 0 Å². The van der Waals surface area contributed by atoms with Gasteiger partial charge in [-0.1, -0.05) is 11.6 Å². The molecule has 0 unspecified atom stereocenters. The number of methoxy groups -OCH3 is 1. The zero-order valence-electron chi connectivity index (χ0n) is 14.6. The number of esters is 1. The van der Waals surface area contributed by atoms with Gasteiger partial charge in [-0.3, -0.25) is 4.79 Å². The molecule has 0 saturated carbocycles. The van der Waals surface area contributed by atoms with Crippen molar-refractivity contribution in [2.75, 3.05) is 19.0 Å². The van der Waals surface area contributed by atoms with Crippen molar-refractivity contribution < 1.29 is 23.8 Å². The Morgan fingerprint density at radius 2 is 2.00 bits per heavy atom. The SMILES string of the molecule is CCOc1ccc(C(=O)O[C@@H](C)C(=O)Nc2ccc(Cl)cn2)cc1OC. The Labute approximate surface area is 156 Å². The molecule has 2 aromatic rings. The van der Waals surface area contributed by atoms with E-state index in [0.717, 1.165) is 0 Å². The summed E-state index contributed by atoms with van der Waals surface area (Å²) in [6, 6.07) is 7.79. The van der Waals surface area contributed by atoms with E-state index in [2.05, 4.69) is 10.3 Å². The number of anilines is 1. The van der Waals surface area contributed by atoms with Gasteiger partial charge in [0.05, 0.1) is 24.3 Å². The van der Waals surface area contributed by atoms with E-state index in [9.17, 15) is 9.59 Å². The average molecular weight is 379 g/mol. The second-order valence-corrected chi connectivity index (χ2v) is 5.63. The van der Waals surface area contributed by atoms with E-state index in [0.29, 0.717) is 28.9 Å². The predicted octanol–water partition coefficient (Wildman–Crippen LogP) is 3.33. The van der Waals surface area contributed by atoms with Crippen LogP contribution in [0.15, 0.2) is 36.5 Å². The average Bonchev–Trinajstić information content (AvgIpc) is 2.64. The van der Waals surface area contributed by atoms with Gasteiger partial charge < -0.3 is 19.5 Å². The number of ether oxygens (including phenoxy) is 3. The summed E-state index contributed by atoms with van der Waals surface area (Å²) in [6.45, 7) is 3.78. The molecular formula is C18H19ClN2O5. The standard InChI is InChI=1S/C18H19ClN2O5/c1-4-25-14-7-5-12(9-15(14)24-3)18(23)26-11(2)17(22)21-16-8-6-13(19)10-20-16/h5-11H,4H2,1-3H3,(H,20,21,22)/t11-/m0/s1. The Bertz CT molecular complexity index is 780. The molecule has 1 amide bonds. The Kier molecular flexibility index (Phi) is 6.80. The first-order valence-corrected chi connectivity index (χ1v) is 8.26. The maximum Gasteiger partial charge on any atom is 0.339 e. The summed E-state index contributed by atoms with van der Waals surface area (Å²) in [5.41, 5.74) is 0.245. The number of rotatable bonds is 7. The molecule has 1 heterocycles. The summed E-state index contributed by atoms with van der Waals surface area (Å²) in [7, 11) is 1.47. The van der Waals surface area contributed by atoms with E-state index in [-0.39, 0.29) is 5.56 Å². The minimum Gasteiger partial charge on any atom is -0.493 e. The molecule has 8 heteroatoms. The van der Waals surface area contributed by atoms with Crippen molar-refractivity contribution in [2.24, 2.45) is 0 Å². The van der Waals surface area contributed by atoms with Gasteiger partial charge in [-0.25, -0.2) is 9.78 Å². The summed E-state index contributed by atoms with van der Waals surface area (Å²) >= 11 is 5.74. The van der Waals surface area contributed by atoms with E-state index in [1.165, 1.54) is 26.3 Å². The van der Waals surface area contributed by atoms with Crippen LogP contribution in [0.4, 0.5) is 5.82 Å². The van der Waals surface area contributed by atoms with Gasteiger partial charge >= 0.3 is 5.97 Å². The molecule has 0 bridgehead atoms. The number of amides is 1. The second kappa shape index (κ2) is 9.05. The van der Waals surface area contributed by atoms with Crippen molar-refractivity contribution in [3.05, 3.63) is 47.1 Å². The first-order valence-electron chi connectivity index (χ1n) is 7.88. The number of aromatic nitrogens is 1. The third-order valence-electron chi connectivity index (χ3n) is 3.33. The maximum atomic E-state index is 12.3. The fraction of sp³-hybridized carbons (Fsp3) is 0.278. The van der Waals surface area contributed by atoms with Crippen LogP contribution in [0.1, 0.15) is 24.2 Å². The third kappa shape index (κ3) is 5.10. The lowest BCUT2D eigenvalue weighted by molar-refractivity contribution is -0.123. The van der Waals surface area contributed by atoms with E-state index in [1.54, 1.807) is 24.3 Å². The molecule has 0 aliphatic rings. The number of pyridine rings is 1. The number of hydrogen-bond acceptors (Lipinski definition) is 6. The number of nitrogens with one attached hydrogen (secondary N) is 1. The molecule has 0 aliphatic heterocycles. The quantitative estimate of drug-likeness (QED) is 0.744. The van der Waals surface area contributed by atoms with Crippen LogP contribution >= 0.6 is 11.6 Å². The predicted molar refractivity (Wildman–Crippen MR) is 96.9 cm³/mol. The zero-order valence-corrected chi connectivity index (χ0v) is 15.4. The molecular weight excluding hydrogens is 360 g/mol. The first-order chi connectivity index (χ1) is 12.4. The third-order valence-corrected chi connectivity index (χ3v) is 3.55. The number of halogens is 1. The van der Waals surface area contributed by atoms with E-state index < -0.39 is 18.0 Å². The summed E-state index contributed by atoms with van der Waals surface area (Å²) in [4.78, 5) is 28.3. The van der Waals surface area contributed by atoms with Gasteiger partial charge in [-0.15, -0.1) is 0 Å². The molecule has 0 saturated heterocycles.